The van der Waals surface area contributed by atoms with Gasteiger partial charge in [0.05, 0.1) is 18.0 Å². The van der Waals surface area contributed by atoms with Crippen molar-refractivity contribution in [2.24, 2.45) is 10.2 Å². The van der Waals surface area contributed by atoms with Crippen LogP contribution in [0.2, 0.25) is 0 Å². The van der Waals surface area contributed by atoms with E-state index in [1.54, 1.807) is 7.11 Å². The molecule has 0 bridgehead atoms. The molecule has 1 heterocycles. The van der Waals surface area contributed by atoms with Gasteiger partial charge in [-0.3, -0.25) is 15.0 Å². The average Bonchev–Trinajstić information content (AvgIpc) is 2.71. The minimum Gasteiger partial charge on any atom is -0.378 e. The van der Waals surface area contributed by atoms with Crippen LogP contribution in [0.3, 0.4) is 0 Å². The third kappa shape index (κ3) is 3.05. The summed E-state index contributed by atoms with van der Waals surface area (Å²) in [5.41, 5.74) is 1.21. The number of aromatic nitrogens is 2. The number of benzene rings is 1. The van der Waals surface area contributed by atoms with E-state index >= 15 is 0 Å². The second-order valence-electron chi connectivity index (χ2n) is 3.52. The van der Waals surface area contributed by atoms with Gasteiger partial charge < -0.3 is 4.74 Å². The minimum absolute atomic E-state index is 0.246. The van der Waals surface area contributed by atoms with Crippen molar-refractivity contribution in [3.63, 3.8) is 0 Å². The summed E-state index contributed by atoms with van der Waals surface area (Å²) in [5.74, 6) is 0. The summed E-state index contributed by atoms with van der Waals surface area (Å²) in [6.07, 6.45) is 0. The smallest absolute Gasteiger partial charge is 0.292 e. The summed E-state index contributed by atoms with van der Waals surface area (Å²) >= 11 is 2.21. The fourth-order valence-corrected chi connectivity index (χ4v) is 1.72. The second kappa shape index (κ2) is 5.91. The second-order valence-corrected chi connectivity index (χ2v) is 4.76. The molecule has 1 aromatic carbocycles. The van der Waals surface area contributed by atoms with Gasteiger partial charge in [-0.15, -0.1) is 5.11 Å². The van der Waals surface area contributed by atoms with E-state index < -0.39 is 0 Å². The van der Waals surface area contributed by atoms with Crippen molar-refractivity contribution in [1.29, 1.82) is 0 Å². The summed E-state index contributed by atoms with van der Waals surface area (Å²) in [4.78, 5) is 11.5. The Morgan fingerprint density at radius 1 is 1.22 bits per heavy atom. The number of azo groups is 1. The molecule has 18 heavy (non-hydrogen) atoms. The molecule has 0 atom stereocenters. The average molecular weight is 358 g/mol. The first kappa shape index (κ1) is 13.0. The zero-order valence-electron chi connectivity index (χ0n) is 9.61. The topological polar surface area (TPSA) is 82.6 Å². The highest BCUT2D eigenvalue weighted by molar-refractivity contribution is 14.1. The van der Waals surface area contributed by atoms with Crippen LogP contribution < -0.4 is 5.56 Å². The molecule has 2 N–H and O–H groups in total. The van der Waals surface area contributed by atoms with Crippen LogP contribution in [0.4, 0.5) is 11.4 Å². The van der Waals surface area contributed by atoms with Gasteiger partial charge in [-0.05, 0) is 46.9 Å². The molecular formula is C11H11IN4O2. The van der Waals surface area contributed by atoms with Crippen LogP contribution in [0.1, 0.15) is 5.69 Å². The fraction of sp³-hybridized carbons (Fsp3) is 0.182. The molecule has 0 saturated carbocycles. The molecular weight excluding hydrogens is 347 g/mol. The first-order valence-corrected chi connectivity index (χ1v) is 6.24. The Morgan fingerprint density at radius 2 is 1.94 bits per heavy atom. The Bertz CT molecular complexity index is 600. The maximum absolute atomic E-state index is 11.5. The molecule has 0 aliphatic rings. The predicted molar refractivity (Wildman–Crippen MR) is 75.5 cm³/mol. The number of methoxy groups -OCH3 is 1. The number of rotatable bonds is 4. The molecule has 2 aromatic rings. The molecule has 0 aliphatic carbocycles. The van der Waals surface area contributed by atoms with E-state index in [9.17, 15) is 4.79 Å². The first-order chi connectivity index (χ1) is 8.70. The van der Waals surface area contributed by atoms with Crippen molar-refractivity contribution in [3.05, 3.63) is 43.9 Å². The van der Waals surface area contributed by atoms with E-state index in [1.807, 2.05) is 24.3 Å². The van der Waals surface area contributed by atoms with Gasteiger partial charge in [-0.1, -0.05) is 0 Å². The number of halogens is 1. The monoisotopic (exact) mass is 358 g/mol. The van der Waals surface area contributed by atoms with Crippen molar-refractivity contribution in [1.82, 2.24) is 10.2 Å². The number of ether oxygens (including phenoxy) is 1. The maximum atomic E-state index is 11.5. The van der Waals surface area contributed by atoms with E-state index in [2.05, 4.69) is 43.0 Å². The SMILES string of the molecule is COCc1[nH][nH]c(=O)c1N=Nc1ccc(I)cc1. The molecule has 2 rings (SSSR count). The molecule has 94 valence electrons. The zero-order valence-corrected chi connectivity index (χ0v) is 11.8. The lowest BCUT2D eigenvalue weighted by Crippen LogP contribution is -1.97. The summed E-state index contributed by atoms with van der Waals surface area (Å²) in [6.45, 7) is 0.278. The fourth-order valence-electron chi connectivity index (χ4n) is 1.36. The molecule has 6 nitrogen and oxygen atoms in total. The van der Waals surface area contributed by atoms with Gasteiger partial charge in [-0.2, -0.15) is 5.11 Å². The van der Waals surface area contributed by atoms with Crippen LogP contribution in [0, 0.1) is 3.57 Å². The molecule has 0 spiro atoms. The molecule has 0 aliphatic heterocycles. The van der Waals surface area contributed by atoms with Crippen molar-refractivity contribution >= 4 is 34.0 Å². The maximum Gasteiger partial charge on any atom is 0.292 e. The minimum atomic E-state index is -0.309. The van der Waals surface area contributed by atoms with Gasteiger partial charge in [0.1, 0.15) is 0 Å². The van der Waals surface area contributed by atoms with Crippen LogP contribution in [0.15, 0.2) is 39.3 Å². The Balaban J connectivity index is 2.25. The molecule has 0 saturated heterocycles. The van der Waals surface area contributed by atoms with E-state index in [4.69, 9.17) is 4.74 Å². The van der Waals surface area contributed by atoms with Crippen molar-refractivity contribution in [2.75, 3.05) is 7.11 Å². The van der Waals surface area contributed by atoms with Crippen LogP contribution >= 0.6 is 22.6 Å². The van der Waals surface area contributed by atoms with Crippen molar-refractivity contribution in [2.45, 2.75) is 6.61 Å². The standard InChI is InChI=1S/C11H11IN4O2/c1-18-6-9-10(11(17)16-14-9)15-13-8-4-2-7(12)3-5-8/h2-5H,6H2,1H3,(H2,14,16,17). The lowest BCUT2D eigenvalue weighted by Gasteiger charge is -1.95. The molecule has 0 fully saturated rings. The van der Waals surface area contributed by atoms with Gasteiger partial charge in [0, 0.05) is 10.7 Å². The number of hydrogen-bond acceptors (Lipinski definition) is 4. The highest BCUT2D eigenvalue weighted by atomic mass is 127. The normalized spacial score (nSPS) is 11.2. The van der Waals surface area contributed by atoms with E-state index in [-0.39, 0.29) is 17.9 Å². The van der Waals surface area contributed by atoms with Gasteiger partial charge in [0.25, 0.3) is 5.56 Å². The quantitative estimate of drug-likeness (QED) is 0.651. The Kier molecular flexibility index (Phi) is 4.26. The lowest BCUT2D eigenvalue weighted by molar-refractivity contribution is 0.182. The Morgan fingerprint density at radius 3 is 2.61 bits per heavy atom. The summed E-state index contributed by atoms with van der Waals surface area (Å²) in [6, 6.07) is 7.52. The predicted octanol–water partition coefficient (Wildman–Crippen LogP) is 2.87. The number of nitrogens with zero attached hydrogens (tertiary/aromatic N) is 2. The lowest BCUT2D eigenvalue weighted by atomic mass is 10.3. The largest absolute Gasteiger partial charge is 0.378 e. The molecule has 0 radical (unpaired) electrons. The third-order valence-corrected chi connectivity index (χ3v) is 2.93. The van der Waals surface area contributed by atoms with E-state index in [1.165, 1.54) is 0 Å². The number of nitrogens with one attached hydrogen (secondary N) is 2. The van der Waals surface area contributed by atoms with Crippen LogP contribution in [0.5, 0.6) is 0 Å². The zero-order chi connectivity index (χ0) is 13.0. The van der Waals surface area contributed by atoms with Crippen LogP contribution in [-0.2, 0) is 11.3 Å². The highest BCUT2D eigenvalue weighted by Crippen LogP contribution is 2.19. The van der Waals surface area contributed by atoms with Crippen LogP contribution in [-0.4, -0.2) is 17.3 Å². The van der Waals surface area contributed by atoms with Crippen LogP contribution in [0.25, 0.3) is 0 Å². The van der Waals surface area contributed by atoms with Gasteiger partial charge in [-0.25, -0.2) is 0 Å². The molecule has 0 amide bonds. The van der Waals surface area contributed by atoms with E-state index in [0.29, 0.717) is 11.4 Å². The van der Waals surface area contributed by atoms with E-state index in [0.717, 1.165) is 3.57 Å². The van der Waals surface area contributed by atoms with Gasteiger partial charge in [0.15, 0.2) is 5.69 Å². The number of H-pyrrole nitrogens is 2. The highest BCUT2D eigenvalue weighted by Gasteiger charge is 2.08. The molecule has 7 heteroatoms. The number of aromatic amines is 2. The first-order valence-electron chi connectivity index (χ1n) is 5.16. The summed E-state index contributed by atoms with van der Waals surface area (Å²) < 4.78 is 6.07. The Labute approximate surface area is 117 Å². The molecule has 1 aromatic heterocycles. The van der Waals surface area contributed by atoms with Gasteiger partial charge >= 0.3 is 0 Å². The van der Waals surface area contributed by atoms with Crippen molar-refractivity contribution in [3.8, 4) is 0 Å². The molecule has 0 unspecified atom stereocenters. The number of hydrogen-bond donors (Lipinski definition) is 2. The third-order valence-electron chi connectivity index (χ3n) is 2.21. The van der Waals surface area contributed by atoms with Crippen molar-refractivity contribution < 1.29 is 4.74 Å². The Hall–Kier alpha value is -1.48. The summed E-state index contributed by atoms with van der Waals surface area (Å²) in [5, 5.41) is 13.1. The summed E-state index contributed by atoms with van der Waals surface area (Å²) in [7, 11) is 1.55. The van der Waals surface area contributed by atoms with Gasteiger partial charge in [0.2, 0.25) is 0 Å².